The van der Waals surface area contributed by atoms with Crippen LogP contribution in [0.2, 0.25) is 0 Å². The highest BCUT2D eigenvalue weighted by molar-refractivity contribution is 6.04. The van der Waals surface area contributed by atoms with Crippen LogP contribution in [-0.2, 0) is 0 Å². The van der Waals surface area contributed by atoms with Crippen molar-refractivity contribution in [3.8, 4) is 23.1 Å². The van der Waals surface area contributed by atoms with Gasteiger partial charge in [-0.15, -0.1) is 0 Å². The number of aromatic nitrogens is 4. The molecule has 4 aromatic rings. The van der Waals surface area contributed by atoms with Crippen LogP contribution in [0.4, 0.5) is 5.82 Å². The van der Waals surface area contributed by atoms with Gasteiger partial charge in [-0.1, -0.05) is 17.9 Å². The summed E-state index contributed by atoms with van der Waals surface area (Å²) in [5.74, 6) is 6.38. The Bertz CT molecular complexity index is 1290. The Labute approximate surface area is 180 Å². The molecule has 150 valence electrons. The third-order valence-electron chi connectivity index (χ3n) is 4.70. The van der Waals surface area contributed by atoms with Gasteiger partial charge < -0.3 is 5.32 Å². The van der Waals surface area contributed by atoms with E-state index in [9.17, 15) is 4.79 Å². The number of nitrogens with zero attached hydrogens (tertiary/aromatic N) is 4. The van der Waals surface area contributed by atoms with E-state index in [1.165, 1.54) is 6.20 Å². The van der Waals surface area contributed by atoms with Gasteiger partial charge in [0.25, 0.3) is 5.91 Å². The van der Waals surface area contributed by atoms with Gasteiger partial charge in [0, 0.05) is 41.5 Å². The van der Waals surface area contributed by atoms with Gasteiger partial charge in [0.2, 0.25) is 0 Å². The number of benzene rings is 1. The number of hydrogen-bond acceptors (Lipinski definition) is 5. The molecule has 1 aromatic carbocycles. The number of carbonyl (C=O) groups excluding carboxylic acids is 1. The Hall–Kier alpha value is -4.37. The van der Waals surface area contributed by atoms with Crippen molar-refractivity contribution in [2.45, 2.75) is 13.8 Å². The summed E-state index contributed by atoms with van der Waals surface area (Å²) in [6.45, 7) is 3.87. The highest BCUT2D eigenvalue weighted by atomic mass is 16.1. The van der Waals surface area contributed by atoms with Gasteiger partial charge >= 0.3 is 0 Å². The van der Waals surface area contributed by atoms with Crippen LogP contribution in [0.15, 0.2) is 73.6 Å². The third-order valence-corrected chi connectivity index (χ3v) is 4.70. The highest BCUT2D eigenvalue weighted by Gasteiger charge is 2.11. The Balaban J connectivity index is 1.54. The minimum absolute atomic E-state index is 0.267. The fourth-order valence-corrected chi connectivity index (χ4v) is 2.97. The number of anilines is 1. The van der Waals surface area contributed by atoms with E-state index in [1.54, 1.807) is 37.1 Å². The minimum atomic E-state index is -0.267. The van der Waals surface area contributed by atoms with E-state index >= 15 is 0 Å². The summed E-state index contributed by atoms with van der Waals surface area (Å²) in [6, 6.07) is 11.5. The lowest BCUT2D eigenvalue weighted by atomic mass is 10.0. The highest BCUT2D eigenvalue weighted by Crippen LogP contribution is 2.23. The summed E-state index contributed by atoms with van der Waals surface area (Å²) >= 11 is 0. The lowest BCUT2D eigenvalue weighted by molar-refractivity contribution is 0.102. The quantitative estimate of drug-likeness (QED) is 0.517. The Morgan fingerprint density at radius 3 is 2.42 bits per heavy atom. The van der Waals surface area contributed by atoms with Gasteiger partial charge in [0.15, 0.2) is 5.82 Å². The number of rotatable bonds is 3. The molecule has 4 rings (SSSR count). The molecule has 0 unspecified atom stereocenters. The second kappa shape index (κ2) is 8.97. The standard InChI is InChI=1S/C25H19N5O/c1-17-5-6-19(7-8-20-4-3-10-26-13-20)12-21(17)23-15-29-24(16-28-23)30-25(31)22-14-27-11-9-18(22)2/h3-6,9-16H,1-2H3,(H,29,30,31). The summed E-state index contributed by atoms with van der Waals surface area (Å²) in [6.07, 6.45) is 9.83. The van der Waals surface area contributed by atoms with E-state index in [-0.39, 0.29) is 5.91 Å². The molecule has 0 spiro atoms. The van der Waals surface area contributed by atoms with Crippen LogP contribution in [0.5, 0.6) is 0 Å². The fourth-order valence-electron chi connectivity index (χ4n) is 2.97. The zero-order chi connectivity index (χ0) is 21.6. The lowest BCUT2D eigenvalue weighted by Crippen LogP contribution is -2.14. The predicted molar refractivity (Wildman–Crippen MR) is 119 cm³/mol. The lowest BCUT2D eigenvalue weighted by Gasteiger charge is -2.08. The molecule has 0 aliphatic rings. The maximum Gasteiger partial charge on any atom is 0.258 e. The van der Waals surface area contributed by atoms with Crippen molar-refractivity contribution < 1.29 is 4.79 Å². The summed E-state index contributed by atoms with van der Waals surface area (Å²) in [7, 11) is 0. The van der Waals surface area contributed by atoms with Crippen LogP contribution in [-0.4, -0.2) is 25.8 Å². The zero-order valence-corrected chi connectivity index (χ0v) is 17.1. The first-order valence-electron chi connectivity index (χ1n) is 9.67. The molecule has 0 bridgehead atoms. The Morgan fingerprint density at radius 2 is 1.68 bits per heavy atom. The van der Waals surface area contributed by atoms with Crippen LogP contribution in [0.1, 0.15) is 32.6 Å². The minimum Gasteiger partial charge on any atom is -0.305 e. The molecule has 0 fully saturated rings. The van der Waals surface area contributed by atoms with Gasteiger partial charge in [-0.05, 0) is 55.3 Å². The normalized spacial score (nSPS) is 10.1. The molecule has 0 saturated carbocycles. The Morgan fingerprint density at radius 1 is 0.839 bits per heavy atom. The maximum atomic E-state index is 12.4. The molecule has 1 amide bonds. The summed E-state index contributed by atoms with van der Waals surface area (Å²) in [5.41, 5.74) is 5.78. The molecule has 6 heteroatoms. The molecule has 0 saturated heterocycles. The SMILES string of the molecule is Cc1ccncc1C(=O)Nc1cnc(-c2cc(C#Cc3cccnc3)ccc2C)cn1. The van der Waals surface area contributed by atoms with E-state index in [1.807, 2.05) is 44.2 Å². The van der Waals surface area contributed by atoms with Crippen molar-refractivity contribution in [2.75, 3.05) is 5.32 Å². The summed E-state index contributed by atoms with van der Waals surface area (Å²) in [4.78, 5) is 29.4. The number of aryl methyl sites for hydroxylation is 2. The first-order chi connectivity index (χ1) is 15.1. The molecular formula is C25H19N5O. The van der Waals surface area contributed by atoms with Crippen molar-refractivity contribution in [1.29, 1.82) is 0 Å². The molecular weight excluding hydrogens is 386 g/mol. The van der Waals surface area contributed by atoms with Crippen molar-refractivity contribution >= 4 is 11.7 Å². The molecule has 3 heterocycles. The van der Waals surface area contributed by atoms with Crippen molar-refractivity contribution in [2.24, 2.45) is 0 Å². The second-order valence-electron chi connectivity index (χ2n) is 6.95. The average Bonchev–Trinajstić information content (AvgIpc) is 2.80. The van der Waals surface area contributed by atoms with Crippen molar-refractivity contribution in [3.05, 3.63) is 101 Å². The number of pyridine rings is 2. The van der Waals surface area contributed by atoms with Crippen LogP contribution in [0.3, 0.4) is 0 Å². The predicted octanol–water partition coefficient (Wildman–Crippen LogP) is 4.20. The second-order valence-corrected chi connectivity index (χ2v) is 6.95. The largest absolute Gasteiger partial charge is 0.305 e. The molecule has 0 atom stereocenters. The van der Waals surface area contributed by atoms with E-state index in [0.717, 1.165) is 27.8 Å². The summed E-state index contributed by atoms with van der Waals surface area (Å²) < 4.78 is 0. The maximum absolute atomic E-state index is 12.4. The number of hydrogen-bond donors (Lipinski definition) is 1. The van der Waals surface area contributed by atoms with E-state index in [0.29, 0.717) is 17.1 Å². The average molecular weight is 405 g/mol. The van der Waals surface area contributed by atoms with Gasteiger partial charge in [0.05, 0.1) is 23.7 Å². The Kier molecular flexibility index (Phi) is 5.77. The van der Waals surface area contributed by atoms with E-state index < -0.39 is 0 Å². The zero-order valence-electron chi connectivity index (χ0n) is 17.1. The number of nitrogens with one attached hydrogen (secondary N) is 1. The summed E-state index contributed by atoms with van der Waals surface area (Å²) in [5, 5.41) is 2.76. The van der Waals surface area contributed by atoms with Crippen LogP contribution in [0.25, 0.3) is 11.3 Å². The monoisotopic (exact) mass is 405 g/mol. The van der Waals surface area contributed by atoms with Crippen molar-refractivity contribution in [1.82, 2.24) is 19.9 Å². The van der Waals surface area contributed by atoms with Gasteiger partial charge in [0.1, 0.15) is 0 Å². The van der Waals surface area contributed by atoms with Gasteiger partial charge in [-0.2, -0.15) is 0 Å². The molecule has 6 nitrogen and oxygen atoms in total. The van der Waals surface area contributed by atoms with Gasteiger partial charge in [-0.25, -0.2) is 4.98 Å². The van der Waals surface area contributed by atoms with Crippen LogP contribution < -0.4 is 5.32 Å². The molecule has 0 aliphatic heterocycles. The molecule has 1 N–H and O–H groups in total. The number of carbonyl (C=O) groups is 1. The molecule has 31 heavy (non-hydrogen) atoms. The van der Waals surface area contributed by atoms with Crippen LogP contribution >= 0.6 is 0 Å². The van der Waals surface area contributed by atoms with E-state index in [4.69, 9.17) is 0 Å². The van der Waals surface area contributed by atoms with Gasteiger partial charge in [-0.3, -0.25) is 19.7 Å². The third kappa shape index (κ3) is 4.80. The fraction of sp³-hybridized carbons (Fsp3) is 0.0800. The first kappa shape index (κ1) is 19.9. The van der Waals surface area contributed by atoms with E-state index in [2.05, 4.69) is 37.1 Å². The number of amides is 1. The molecule has 0 aliphatic carbocycles. The first-order valence-corrected chi connectivity index (χ1v) is 9.67. The molecule has 3 aromatic heterocycles. The molecule has 0 radical (unpaired) electrons. The van der Waals surface area contributed by atoms with Crippen molar-refractivity contribution in [3.63, 3.8) is 0 Å². The topological polar surface area (TPSA) is 80.7 Å². The smallest absolute Gasteiger partial charge is 0.258 e. The van der Waals surface area contributed by atoms with Crippen LogP contribution in [0, 0.1) is 25.7 Å².